The zero-order valence-corrected chi connectivity index (χ0v) is 10.6. The van der Waals surface area contributed by atoms with Crippen molar-refractivity contribution in [1.82, 2.24) is 4.68 Å². The Bertz CT molecular complexity index is 583. The molecule has 1 heterocycles. The molecule has 1 aromatic carbocycles. The van der Waals surface area contributed by atoms with Gasteiger partial charge in [-0.05, 0) is 39.0 Å². The molecule has 0 atom stereocenters. The first kappa shape index (κ1) is 12.2. The van der Waals surface area contributed by atoms with Crippen molar-refractivity contribution in [1.29, 1.82) is 0 Å². The lowest BCUT2D eigenvalue weighted by Crippen LogP contribution is -2.13. The minimum Gasteiger partial charge on any atom is -0.294 e. The fraction of sp³-hybridized carbons (Fsp3) is 0.231. The Morgan fingerprint density at radius 1 is 1.11 bits per heavy atom. The number of anilines is 1. The SMILES string of the molecule is Cc1c(Nn2c(C)ccc2C)cccc1[N+](=O)[O-]. The Morgan fingerprint density at radius 3 is 2.28 bits per heavy atom. The lowest BCUT2D eigenvalue weighted by atomic mass is 10.1. The average molecular weight is 245 g/mol. The second-order valence-corrected chi connectivity index (χ2v) is 4.27. The molecule has 2 aromatic rings. The summed E-state index contributed by atoms with van der Waals surface area (Å²) >= 11 is 0. The second kappa shape index (κ2) is 4.52. The van der Waals surface area contributed by atoms with Crippen LogP contribution in [0.25, 0.3) is 0 Å². The van der Waals surface area contributed by atoms with Crippen molar-refractivity contribution in [2.24, 2.45) is 0 Å². The number of benzene rings is 1. The Labute approximate surface area is 105 Å². The highest BCUT2D eigenvalue weighted by atomic mass is 16.6. The molecule has 0 radical (unpaired) electrons. The van der Waals surface area contributed by atoms with E-state index >= 15 is 0 Å². The first-order valence-corrected chi connectivity index (χ1v) is 5.66. The molecule has 0 saturated heterocycles. The van der Waals surface area contributed by atoms with Crippen LogP contribution in [0.1, 0.15) is 17.0 Å². The Balaban J connectivity index is 2.41. The van der Waals surface area contributed by atoms with E-state index < -0.39 is 0 Å². The van der Waals surface area contributed by atoms with E-state index in [1.807, 2.05) is 36.7 Å². The summed E-state index contributed by atoms with van der Waals surface area (Å²) in [4.78, 5) is 10.5. The van der Waals surface area contributed by atoms with Crippen LogP contribution in [0, 0.1) is 30.9 Å². The topological polar surface area (TPSA) is 60.1 Å². The highest BCUT2D eigenvalue weighted by molar-refractivity contribution is 5.59. The average Bonchev–Trinajstić information content (AvgIpc) is 2.63. The Hall–Kier alpha value is -2.30. The first-order valence-electron chi connectivity index (χ1n) is 5.66. The first-order chi connectivity index (χ1) is 8.50. The summed E-state index contributed by atoms with van der Waals surface area (Å²) < 4.78 is 1.91. The maximum absolute atomic E-state index is 10.9. The van der Waals surface area contributed by atoms with E-state index in [0.717, 1.165) is 17.1 Å². The summed E-state index contributed by atoms with van der Waals surface area (Å²) in [7, 11) is 0. The third-order valence-electron chi connectivity index (χ3n) is 3.01. The third-order valence-corrected chi connectivity index (χ3v) is 3.01. The second-order valence-electron chi connectivity index (χ2n) is 4.27. The van der Waals surface area contributed by atoms with Gasteiger partial charge in [0.15, 0.2) is 0 Å². The van der Waals surface area contributed by atoms with Crippen LogP contribution < -0.4 is 5.43 Å². The van der Waals surface area contributed by atoms with E-state index in [2.05, 4.69) is 5.43 Å². The number of nitrogens with one attached hydrogen (secondary N) is 1. The molecule has 0 fully saturated rings. The monoisotopic (exact) mass is 245 g/mol. The van der Waals surface area contributed by atoms with E-state index in [1.165, 1.54) is 6.07 Å². The molecule has 0 spiro atoms. The van der Waals surface area contributed by atoms with Crippen LogP contribution in [0.15, 0.2) is 30.3 Å². The predicted octanol–water partition coefficient (Wildman–Crippen LogP) is 3.20. The van der Waals surface area contributed by atoms with Crippen molar-refractivity contribution in [2.75, 3.05) is 5.43 Å². The largest absolute Gasteiger partial charge is 0.294 e. The summed E-state index contributed by atoms with van der Waals surface area (Å²) in [6.45, 7) is 5.70. The summed E-state index contributed by atoms with van der Waals surface area (Å²) in [5.74, 6) is 0. The van der Waals surface area contributed by atoms with Crippen LogP contribution >= 0.6 is 0 Å². The lowest BCUT2D eigenvalue weighted by Gasteiger charge is -2.14. The standard InChI is InChI=1S/C13H15N3O2/c1-9-7-8-10(2)15(9)14-12-5-4-6-13(11(12)3)16(17)18/h4-8,14H,1-3H3. The molecular weight excluding hydrogens is 230 g/mol. The van der Waals surface area contributed by atoms with Crippen molar-refractivity contribution in [3.8, 4) is 0 Å². The van der Waals surface area contributed by atoms with Gasteiger partial charge in [-0.1, -0.05) is 6.07 Å². The zero-order valence-electron chi connectivity index (χ0n) is 10.6. The smallest absolute Gasteiger partial charge is 0.274 e. The van der Waals surface area contributed by atoms with Gasteiger partial charge in [-0.25, -0.2) is 0 Å². The summed E-state index contributed by atoms with van der Waals surface area (Å²) in [5, 5.41) is 10.9. The van der Waals surface area contributed by atoms with Gasteiger partial charge in [0.05, 0.1) is 16.2 Å². The number of aromatic nitrogens is 1. The third kappa shape index (κ3) is 2.07. The maximum atomic E-state index is 10.9. The van der Waals surface area contributed by atoms with E-state index in [9.17, 15) is 10.1 Å². The maximum Gasteiger partial charge on any atom is 0.274 e. The van der Waals surface area contributed by atoms with E-state index in [1.54, 1.807) is 13.0 Å². The molecule has 2 rings (SSSR count). The molecule has 0 aliphatic rings. The minimum absolute atomic E-state index is 0.127. The molecule has 0 aliphatic carbocycles. The molecular formula is C13H15N3O2. The van der Waals surface area contributed by atoms with Gasteiger partial charge in [0.2, 0.25) is 0 Å². The van der Waals surface area contributed by atoms with Gasteiger partial charge in [0.1, 0.15) is 0 Å². The zero-order chi connectivity index (χ0) is 13.3. The molecule has 1 N–H and O–H groups in total. The van der Waals surface area contributed by atoms with E-state index in [0.29, 0.717) is 5.56 Å². The van der Waals surface area contributed by atoms with Crippen LogP contribution in [0.4, 0.5) is 11.4 Å². The molecule has 1 aromatic heterocycles. The highest BCUT2D eigenvalue weighted by Gasteiger charge is 2.13. The Morgan fingerprint density at radius 2 is 1.72 bits per heavy atom. The van der Waals surface area contributed by atoms with Crippen molar-refractivity contribution < 1.29 is 4.92 Å². The molecule has 5 heteroatoms. The van der Waals surface area contributed by atoms with Crippen molar-refractivity contribution in [3.05, 3.63) is 57.4 Å². The number of aryl methyl sites for hydroxylation is 2. The molecule has 0 amide bonds. The summed E-state index contributed by atoms with van der Waals surface area (Å²) in [6, 6.07) is 9.02. The van der Waals surface area contributed by atoms with E-state index in [-0.39, 0.29) is 10.6 Å². The number of nitro groups is 1. The van der Waals surface area contributed by atoms with Gasteiger partial charge < -0.3 is 0 Å². The lowest BCUT2D eigenvalue weighted by molar-refractivity contribution is -0.385. The molecule has 94 valence electrons. The molecule has 0 bridgehead atoms. The van der Waals surface area contributed by atoms with E-state index in [4.69, 9.17) is 0 Å². The fourth-order valence-corrected chi connectivity index (χ4v) is 1.91. The van der Waals surface area contributed by atoms with Crippen LogP contribution in [0.5, 0.6) is 0 Å². The minimum atomic E-state index is -0.365. The van der Waals surface area contributed by atoms with Crippen LogP contribution in [-0.2, 0) is 0 Å². The van der Waals surface area contributed by atoms with Crippen LogP contribution in [0.2, 0.25) is 0 Å². The van der Waals surface area contributed by atoms with Gasteiger partial charge in [0, 0.05) is 17.5 Å². The van der Waals surface area contributed by atoms with Gasteiger partial charge in [0.25, 0.3) is 5.69 Å². The van der Waals surface area contributed by atoms with Gasteiger partial charge in [-0.15, -0.1) is 0 Å². The van der Waals surface area contributed by atoms with Gasteiger partial charge in [-0.2, -0.15) is 0 Å². The van der Waals surface area contributed by atoms with Gasteiger partial charge in [-0.3, -0.25) is 20.2 Å². The van der Waals surface area contributed by atoms with Crippen molar-refractivity contribution in [2.45, 2.75) is 20.8 Å². The molecule has 5 nitrogen and oxygen atoms in total. The molecule has 0 aliphatic heterocycles. The number of hydrogen-bond acceptors (Lipinski definition) is 3. The predicted molar refractivity (Wildman–Crippen MR) is 70.8 cm³/mol. The van der Waals surface area contributed by atoms with Crippen molar-refractivity contribution >= 4 is 11.4 Å². The summed E-state index contributed by atoms with van der Waals surface area (Å²) in [5.41, 5.74) is 6.81. The summed E-state index contributed by atoms with van der Waals surface area (Å²) in [6.07, 6.45) is 0. The fourth-order valence-electron chi connectivity index (χ4n) is 1.91. The van der Waals surface area contributed by atoms with Crippen molar-refractivity contribution in [3.63, 3.8) is 0 Å². The van der Waals surface area contributed by atoms with Crippen LogP contribution in [-0.4, -0.2) is 9.60 Å². The number of rotatable bonds is 3. The molecule has 0 saturated carbocycles. The quantitative estimate of drug-likeness (QED) is 0.667. The number of hydrogen-bond donors (Lipinski definition) is 1. The van der Waals surface area contributed by atoms with Gasteiger partial charge >= 0.3 is 0 Å². The normalized spacial score (nSPS) is 10.4. The Kier molecular flexibility index (Phi) is 3.06. The number of nitro benzene ring substituents is 1. The van der Waals surface area contributed by atoms with Crippen LogP contribution in [0.3, 0.4) is 0 Å². The molecule has 18 heavy (non-hydrogen) atoms. The highest BCUT2D eigenvalue weighted by Crippen LogP contribution is 2.25. The number of nitrogens with zero attached hydrogens (tertiary/aromatic N) is 2. The molecule has 0 unspecified atom stereocenters.